The standard InChI is InChI=1S/C76H53B2N3O/c1-4-47-42-62-73-63(43-47)81-60-35-21-33-54(49-24-12-6-13-25-49)68(60)69-55(50-26-14-7-15-27-50)36-38-57(75(69)81)77(73)71-46(3)72-66(44-64(71)79(62)52-30-18-9-19-31-52)82-65-41-45(2)40-61-74(65)78(72)58-39-37-56(51-28-16-8-17-29-51)70-67-53(48-22-10-5-11-23-48)32-20-34-59(67)80(61)76(58)70/h5-44,62,73H,4H2,1-3H3. The first-order valence-corrected chi connectivity index (χ1v) is 29.2. The molecule has 1 aliphatic carbocycles. The molecule has 0 fully saturated rings. The zero-order valence-electron chi connectivity index (χ0n) is 45.9. The zero-order valence-corrected chi connectivity index (χ0v) is 45.9. The van der Waals surface area contributed by atoms with Gasteiger partial charge in [-0.2, -0.15) is 0 Å². The zero-order chi connectivity index (χ0) is 54.1. The van der Waals surface area contributed by atoms with Crippen LogP contribution in [0.2, 0.25) is 5.82 Å². The van der Waals surface area contributed by atoms with Crippen LogP contribution in [-0.4, -0.2) is 28.6 Å². The lowest BCUT2D eigenvalue weighted by Gasteiger charge is -2.51. The highest BCUT2D eigenvalue weighted by molar-refractivity contribution is 7.00. The Morgan fingerprint density at radius 2 is 0.963 bits per heavy atom. The van der Waals surface area contributed by atoms with Gasteiger partial charge in [0.25, 0.3) is 6.71 Å². The van der Waals surface area contributed by atoms with E-state index in [2.05, 4.69) is 277 Å². The third-order valence-corrected chi connectivity index (χ3v) is 19.2. The van der Waals surface area contributed by atoms with Crippen molar-refractivity contribution in [3.63, 3.8) is 0 Å². The van der Waals surface area contributed by atoms with Crippen LogP contribution in [-0.2, 0) is 0 Å². The van der Waals surface area contributed by atoms with Crippen LogP contribution in [0.3, 0.4) is 0 Å². The van der Waals surface area contributed by atoms with Gasteiger partial charge in [-0.3, -0.25) is 0 Å². The van der Waals surface area contributed by atoms with Crippen LogP contribution < -0.4 is 37.0 Å². The number of hydrogen-bond acceptors (Lipinski definition) is 2. The summed E-state index contributed by atoms with van der Waals surface area (Å²) in [5.41, 5.74) is 30.3. The summed E-state index contributed by atoms with van der Waals surface area (Å²) in [5, 5.41) is 5.19. The van der Waals surface area contributed by atoms with Gasteiger partial charge in [-0.15, -0.1) is 0 Å². The van der Waals surface area contributed by atoms with E-state index in [1.807, 2.05) is 0 Å². The van der Waals surface area contributed by atoms with Crippen molar-refractivity contribution in [1.82, 2.24) is 9.13 Å². The van der Waals surface area contributed by atoms with Crippen molar-refractivity contribution in [2.75, 3.05) is 4.90 Å². The van der Waals surface area contributed by atoms with E-state index in [1.165, 1.54) is 155 Å². The van der Waals surface area contributed by atoms with E-state index in [1.54, 1.807) is 0 Å². The van der Waals surface area contributed by atoms with Crippen LogP contribution in [0.5, 0.6) is 11.5 Å². The third kappa shape index (κ3) is 6.14. The Balaban J connectivity index is 0.974. The Labute approximate surface area is 477 Å². The fourth-order valence-corrected chi connectivity index (χ4v) is 16.0. The second kappa shape index (κ2) is 17.1. The molecule has 0 spiro atoms. The molecule has 6 heteroatoms. The lowest BCUT2D eigenvalue weighted by Crippen LogP contribution is -2.65. The van der Waals surface area contributed by atoms with Crippen molar-refractivity contribution in [2.45, 2.75) is 39.1 Å². The first kappa shape index (κ1) is 46.0. The first-order valence-electron chi connectivity index (χ1n) is 29.2. The second-order valence-corrected chi connectivity index (χ2v) is 23.3. The minimum Gasteiger partial charge on any atom is -0.458 e. The molecule has 2 unspecified atom stereocenters. The van der Waals surface area contributed by atoms with Crippen molar-refractivity contribution < 1.29 is 4.74 Å². The van der Waals surface area contributed by atoms with Crippen LogP contribution in [0.1, 0.15) is 24.5 Å². The summed E-state index contributed by atoms with van der Waals surface area (Å²) in [6.45, 7) is 6.91. The predicted octanol–water partition coefficient (Wildman–Crippen LogP) is 15.8. The fraction of sp³-hybridized carbons (Fsp3) is 0.0789. The van der Waals surface area contributed by atoms with Crippen molar-refractivity contribution in [3.05, 3.63) is 259 Å². The molecule has 0 amide bonds. The Kier molecular flexibility index (Phi) is 9.61. The monoisotopic (exact) mass is 1050 g/mol. The van der Waals surface area contributed by atoms with Gasteiger partial charge in [-0.25, -0.2) is 0 Å². The molecule has 4 aliphatic heterocycles. The van der Waals surface area contributed by atoms with Crippen molar-refractivity contribution in [3.8, 4) is 61.7 Å². The van der Waals surface area contributed by atoms with Crippen LogP contribution in [0.4, 0.5) is 11.4 Å². The van der Waals surface area contributed by atoms with E-state index in [0.717, 1.165) is 17.9 Å². The van der Waals surface area contributed by atoms with Gasteiger partial charge in [0.2, 0.25) is 6.71 Å². The Morgan fingerprint density at radius 1 is 0.451 bits per heavy atom. The molecule has 6 heterocycles. The first-order chi connectivity index (χ1) is 40.5. The maximum Gasteiger partial charge on any atom is 0.256 e. The molecular weight excluding hydrogens is 992 g/mol. The Morgan fingerprint density at radius 3 is 1.54 bits per heavy atom. The van der Waals surface area contributed by atoms with Gasteiger partial charge in [-0.1, -0.05) is 207 Å². The summed E-state index contributed by atoms with van der Waals surface area (Å²) in [4.78, 5) is 2.69. The number of aromatic nitrogens is 2. The van der Waals surface area contributed by atoms with Gasteiger partial charge >= 0.3 is 0 Å². The smallest absolute Gasteiger partial charge is 0.256 e. The average Bonchev–Trinajstić information content (AvgIpc) is 1.38. The minimum absolute atomic E-state index is 0.0122. The number of nitrogens with zero attached hydrogens (tertiary/aromatic N) is 3. The number of rotatable bonds is 6. The molecule has 82 heavy (non-hydrogen) atoms. The molecular formula is C76H53B2N3O. The highest BCUT2D eigenvalue weighted by atomic mass is 16.5. The summed E-state index contributed by atoms with van der Waals surface area (Å²) in [6.07, 6.45) is 6.11. The molecule has 2 atom stereocenters. The quantitative estimate of drug-likeness (QED) is 0.155. The minimum atomic E-state index is -0.108. The highest BCUT2D eigenvalue weighted by Gasteiger charge is 2.54. The maximum absolute atomic E-state index is 7.61. The molecule has 0 bridgehead atoms. The molecule has 384 valence electrons. The number of allylic oxidation sites excluding steroid dienone is 2. The van der Waals surface area contributed by atoms with E-state index in [4.69, 9.17) is 4.74 Å². The molecule has 0 saturated heterocycles. The van der Waals surface area contributed by atoms with E-state index >= 15 is 0 Å². The van der Waals surface area contributed by atoms with Gasteiger partial charge < -0.3 is 18.8 Å². The Hall–Kier alpha value is -9.77. The van der Waals surface area contributed by atoms with Crippen molar-refractivity contribution >= 4 is 101 Å². The highest BCUT2D eigenvalue weighted by Crippen LogP contribution is 2.54. The number of para-hydroxylation sites is 1. The fourth-order valence-electron chi connectivity index (χ4n) is 16.0. The average molecular weight is 1050 g/mol. The molecule has 0 saturated carbocycles. The van der Waals surface area contributed by atoms with Gasteiger partial charge in [0.05, 0.1) is 22.6 Å². The number of anilines is 2. The van der Waals surface area contributed by atoms with Crippen molar-refractivity contribution in [1.29, 1.82) is 0 Å². The van der Waals surface area contributed by atoms with Gasteiger partial charge in [0.1, 0.15) is 11.5 Å². The molecule has 4 nitrogen and oxygen atoms in total. The van der Waals surface area contributed by atoms with E-state index < -0.39 is 0 Å². The third-order valence-electron chi connectivity index (χ3n) is 19.2. The molecule has 13 aromatic rings. The number of benzene rings is 11. The van der Waals surface area contributed by atoms with Crippen molar-refractivity contribution in [2.24, 2.45) is 0 Å². The number of fused-ring (bicyclic) bond motifs is 14. The second-order valence-electron chi connectivity index (χ2n) is 23.3. The summed E-state index contributed by atoms with van der Waals surface area (Å²) >= 11 is 0. The largest absolute Gasteiger partial charge is 0.458 e. The van der Waals surface area contributed by atoms with Crippen LogP contribution in [0.15, 0.2) is 248 Å². The predicted molar refractivity (Wildman–Crippen MR) is 346 cm³/mol. The van der Waals surface area contributed by atoms with Crippen LogP contribution in [0, 0.1) is 13.8 Å². The number of hydrogen-bond donors (Lipinski definition) is 0. The molecule has 2 aromatic heterocycles. The summed E-state index contributed by atoms with van der Waals surface area (Å²) in [6, 6.07) is 86.3. The molecule has 0 N–H and O–H groups in total. The Bertz CT molecular complexity index is 4960. The van der Waals surface area contributed by atoms with E-state index in [0.29, 0.717) is 0 Å². The lowest BCUT2D eigenvalue weighted by molar-refractivity contribution is 0.486. The molecule has 18 rings (SSSR count). The number of ether oxygens (including phenoxy) is 1. The normalized spacial score (nSPS) is 16.0. The van der Waals surface area contributed by atoms with E-state index in [9.17, 15) is 0 Å². The van der Waals surface area contributed by atoms with Crippen LogP contribution >= 0.6 is 0 Å². The van der Waals surface area contributed by atoms with Gasteiger partial charge in [0.15, 0.2) is 0 Å². The molecule has 5 aliphatic rings. The lowest BCUT2D eigenvalue weighted by atomic mass is 9.26. The van der Waals surface area contributed by atoms with E-state index in [-0.39, 0.29) is 25.3 Å². The summed E-state index contributed by atoms with van der Waals surface area (Å²) in [7, 11) is 0. The SMILES string of the molecule is CCC1=CC2C3B(c4c(cc5c(c4C)B4c6c(cc(C)cc6-n6c7cccc(-c8ccccc8)c7c7c(-c8ccccc8)ccc4c76)O5)N2c2ccccc2)c2ccc(-c4ccccc4)c4c5c(-c6ccccc6)cccc5n(c24)C3=C1. The molecule has 11 aromatic carbocycles. The summed E-state index contributed by atoms with van der Waals surface area (Å²) in [5.74, 6) is 1.95. The topological polar surface area (TPSA) is 22.3 Å². The van der Waals surface area contributed by atoms with Gasteiger partial charge in [-0.05, 0) is 146 Å². The molecule has 0 radical (unpaired) electrons. The number of aryl methyl sites for hydroxylation is 1. The maximum atomic E-state index is 7.61. The summed E-state index contributed by atoms with van der Waals surface area (Å²) < 4.78 is 12.9. The van der Waals surface area contributed by atoms with Gasteiger partial charge in [0, 0.05) is 61.7 Å². The van der Waals surface area contributed by atoms with Crippen LogP contribution in [0.25, 0.3) is 99.5 Å².